The van der Waals surface area contributed by atoms with Gasteiger partial charge in [0, 0.05) is 36.2 Å². The van der Waals surface area contributed by atoms with Crippen molar-refractivity contribution < 1.29 is 4.52 Å². The molecular formula is C23H27N5O2. The smallest absolute Gasteiger partial charge is 0.255 e. The minimum Gasteiger partial charge on any atom is -0.356 e. The molecule has 7 nitrogen and oxygen atoms in total. The molecule has 0 bridgehead atoms. The molecular weight excluding hydrogens is 378 g/mol. The second-order valence-corrected chi connectivity index (χ2v) is 7.82. The molecule has 30 heavy (non-hydrogen) atoms. The SMILES string of the molecule is C=N/C(C)=N\c1ccn(CCN2CCC(c3noc4ccccc34)CC2)c(=O)c1C. The fourth-order valence-corrected chi connectivity index (χ4v) is 4.06. The first-order valence-electron chi connectivity index (χ1n) is 10.4. The maximum atomic E-state index is 12.7. The maximum absolute atomic E-state index is 12.7. The number of aromatic nitrogens is 2. The molecule has 3 aromatic rings. The Morgan fingerprint density at radius 3 is 2.77 bits per heavy atom. The molecule has 156 valence electrons. The van der Waals surface area contributed by atoms with Gasteiger partial charge in [0.25, 0.3) is 5.56 Å². The van der Waals surface area contributed by atoms with Crippen LogP contribution in [0.1, 0.15) is 36.9 Å². The lowest BCUT2D eigenvalue weighted by Crippen LogP contribution is -2.37. The number of benzene rings is 1. The quantitative estimate of drug-likeness (QED) is 0.476. The van der Waals surface area contributed by atoms with Crippen LogP contribution in [0, 0.1) is 6.92 Å². The number of fused-ring (bicyclic) bond motifs is 1. The first kappa shape index (κ1) is 20.2. The van der Waals surface area contributed by atoms with Crippen molar-refractivity contribution >= 4 is 29.2 Å². The molecule has 1 aromatic carbocycles. The standard InChI is InChI=1S/C23H27N5O2/c1-16-20(25-17(2)24-3)10-13-28(23(16)29)15-14-27-11-8-18(9-12-27)22-19-6-4-5-7-21(19)30-26-22/h4-7,10,13,18H,3,8-9,11-12,14-15H2,1-2H3/b25-17-. The van der Waals surface area contributed by atoms with E-state index in [1.54, 1.807) is 11.5 Å². The van der Waals surface area contributed by atoms with Crippen molar-refractivity contribution in [3.63, 3.8) is 0 Å². The number of amidine groups is 1. The molecule has 0 amide bonds. The van der Waals surface area contributed by atoms with Crippen molar-refractivity contribution in [1.82, 2.24) is 14.6 Å². The molecule has 7 heteroatoms. The topological polar surface area (TPSA) is 76.0 Å². The van der Waals surface area contributed by atoms with E-state index in [-0.39, 0.29) is 5.56 Å². The second-order valence-electron chi connectivity index (χ2n) is 7.82. The fraction of sp³-hybridized carbons (Fsp3) is 0.391. The van der Waals surface area contributed by atoms with Gasteiger partial charge in [-0.05, 0) is 64.7 Å². The average molecular weight is 406 g/mol. The number of rotatable bonds is 5. The number of likely N-dealkylation sites (tertiary alicyclic amines) is 1. The van der Waals surface area contributed by atoms with Crippen LogP contribution in [0.15, 0.2) is 55.8 Å². The first-order chi connectivity index (χ1) is 14.6. The van der Waals surface area contributed by atoms with Crippen LogP contribution >= 0.6 is 0 Å². The van der Waals surface area contributed by atoms with E-state index in [2.05, 4.69) is 32.8 Å². The molecule has 1 aliphatic heterocycles. The molecule has 0 unspecified atom stereocenters. The molecule has 0 saturated carbocycles. The van der Waals surface area contributed by atoms with E-state index in [1.807, 2.05) is 37.4 Å². The molecule has 1 fully saturated rings. The molecule has 1 saturated heterocycles. The van der Waals surface area contributed by atoms with E-state index < -0.39 is 0 Å². The van der Waals surface area contributed by atoms with Gasteiger partial charge >= 0.3 is 0 Å². The van der Waals surface area contributed by atoms with Gasteiger partial charge in [-0.25, -0.2) is 9.98 Å². The van der Waals surface area contributed by atoms with E-state index in [0.29, 0.717) is 29.5 Å². The summed E-state index contributed by atoms with van der Waals surface area (Å²) in [6.07, 6.45) is 3.91. The minimum atomic E-state index is -0.00272. The molecule has 0 spiro atoms. The van der Waals surface area contributed by atoms with Crippen LogP contribution in [-0.4, -0.2) is 46.8 Å². The molecule has 2 aromatic heterocycles. The summed E-state index contributed by atoms with van der Waals surface area (Å²) < 4.78 is 7.25. The van der Waals surface area contributed by atoms with Crippen molar-refractivity contribution in [2.45, 2.75) is 39.2 Å². The van der Waals surface area contributed by atoms with E-state index in [4.69, 9.17) is 4.52 Å². The highest BCUT2D eigenvalue weighted by Crippen LogP contribution is 2.32. The van der Waals surface area contributed by atoms with Gasteiger partial charge in [-0.15, -0.1) is 0 Å². The zero-order valence-corrected chi connectivity index (χ0v) is 17.5. The summed E-state index contributed by atoms with van der Waals surface area (Å²) in [7, 11) is 0. The third kappa shape index (κ3) is 4.11. The average Bonchev–Trinajstić information content (AvgIpc) is 3.21. The van der Waals surface area contributed by atoms with Gasteiger partial charge in [0.15, 0.2) is 5.58 Å². The summed E-state index contributed by atoms with van der Waals surface area (Å²) in [5.74, 6) is 0.978. The Hall–Kier alpha value is -3.06. The summed E-state index contributed by atoms with van der Waals surface area (Å²) in [5, 5.41) is 5.46. The van der Waals surface area contributed by atoms with E-state index in [1.165, 1.54) is 0 Å². The number of para-hydroxylation sites is 1. The summed E-state index contributed by atoms with van der Waals surface area (Å²) in [6.45, 7) is 10.5. The van der Waals surface area contributed by atoms with Gasteiger partial charge in [-0.2, -0.15) is 0 Å². The highest BCUT2D eigenvalue weighted by molar-refractivity contribution is 5.86. The Bertz CT molecular complexity index is 1140. The second kappa shape index (κ2) is 8.75. The van der Waals surface area contributed by atoms with E-state index in [0.717, 1.165) is 49.1 Å². The Kier molecular flexibility index (Phi) is 5.90. The fourth-order valence-electron chi connectivity index (χ4n) is 4.06. The maximum Gasteiger partial charge on any atom is 0.255 e. The lowest BCUT2D eigenvalue weighted by molar-refractivity contribution is 0.202. The van der Waals surface area contributed by atoms with Gasteiger partial charge in [0.1, 0.15) is 5.84 Å². The summed E-state index contributed by atoms with van der Waals surface area (Å²) in [4.78, 5) is 23.2. The first-order valence-corrected chi connectivity index (χ1v) is 10.4. The van der Waals surface area contributed by atoms with Crippen molar-refractivity contribution in [2.24, 2.45) is 9.98 Å². The predicted octanol–water partition coefficient (Wildman–Crippen LogP) is 3.93. The summed E-state index contributed by atoms with van der Waals surface area (Å²) >= 11 is 0. The summed E-state index contributed by atoms with van der Waals surface area (Å²) in [6, 6.07) is 9.92. The van der Waals surface area contributed by atoms with Crippen molar-refractivity contribution in [2.75, 3.05) is 19.6 Å². The molecule has 0 radical (unpaired) electrons. The number of hydrogen-bond donors (Lipinski definition) is 0. The number of hydrogen-bond acceptors (Lipinski definition) is 5. The molecule has 0 N–H and O–H groups in total. The normalized spacial score (nSPS) is 16.3. The third-order valence-corrected chi connectivity index (χ3v) is 5.93. The highest BCUT2D eigenvalue weighted by atomic mass is 16.5. The zero-order valence-electron chi connectivity index (χ0n) is 17.5. The van der Waals surface area contributed by atoms with E-state index in [9.17, 15) is 4.79 Å². The van der Waals surface area contributed by atoms with Crippen molar-refractivity contribution in [1.29, 1.82) is 0 Å². The number of nitrogens with zero attached hydrogens (tertiary/aromatic N) is 5. The Morgan fingerprint density at radius 2 is 2.00 bits per heavy atom. The minimum absolute atomic E-state index is 0.00272. The largest absolute Gasteiger partial charge is 0.356 e. The number of pyridine rings is 1. The van der Waals surface area contributed by atoms with Crippen LogP contribution in [0.4, 0.5) is 5.69 Å². The molecule has 1 aliphatic rings. The number of piperidine rings is 1. The highest BCUT2D eigenvalue weighted by Gasteiger charge is 2.24. The Morgan fingerprint density at radius 1 is 1.23 bits per heavy atom. The predicted molar refractivity (Wildman–Crippen MR) is 120 cm³/mol. The van der Waals surface area contributed by atoms with Crippen LogP contribution in [-0.2, 0) is 6.54 Å². The third-order valence-electron chi connectivity index (χ3n) is 5.93. The lowest BCUT2D eigenvalue weighted by Gasteiger charge is -2.31. The zero-order chi connectivity index (χ0) is 21.1. The lowest BCUT2D eigenvalue weighted by atomic mass is 9.91. The monoisotopic (exact) mass is 405 g/mol. The summed E-state index contributed by atoms with van der Waals surface area (Å²) in [5.41, 5.74) is 3.23. The van der Waals surface area contributed by atoms with Crippen LogP contribution in [0.25, 0.3) is 11.0 Å². The van der Waals surface area contributed by atoms with Gasteiger partial charge < -0.3 is 14.0 Å². The molecule has 4 rings (SSSR count). The van der Waals surface area contributed by atoms with Gasteiger partial charge in [-0.1, -0.05) is 17.3 Å². The molecule has 3 heterocycles. The van der Waals surface area contributed by atoms with Crippen LogP contribution in [0.3, 0.4) is 0 Å². The van der Waals surface area contributed by atoms with Crippen LogP contribution in [0.2, 0.25) is 0 Å². The van der Waals surface area contributed by atoms with Gasteiger partial charge in [-0.3, -0.25) is 4.79 Å². The molecule has 0 atom stereocenters. The molecule has 0 aliphatic carbocycles. The van der Waals surface area contributed by atoms with Gasteiger partial charge in [0.2, 0.25) is 0 Å². The van der Waals surface area contributed by atoms with Crippen molar-refractivity contribution in [3.05, 3.63) is 58.1 Å². The van der Waals surface area contributed by atoms with Crippen LogP contribution in [0.5, 0.6) is 0 Å². The number of aliphatic imine (C=N–C) groups is 2. The Balaban J connectivity index is 1.36. The van der Waals surface area contributed by atoms with Gasteiger partial charge in [0.05, 0.1) is 11.4 Å². The van der Waals surface area contributed by atoms with Crippen molar-refractivity contribution in [3.8, 4) is 0 Å². The Labute approximate surface area is 175 Å². The van der Waals surface area contributed by atoms with E-state index >= 15 is 0 Å². The van der Waals surface area contributed by atoms with Crippen LogP contribution < -0.4 is 5.56 Å².